The van der Waals surface area contributed by atoms with Crippen molar-refractivity contribution in [2.75, 3.05) is 23.3 Å². The number of nitrogens with one attached hydrogen (secondary N) is 1. The summed E-state index contributed by atoms with van der Waals surface area (Å²) in [6.45, 7) is 0.831. The van der Waals surface area contributed by atoms with E-state index in [1.54, 1.807) is 0 Å². The molecule has 0 fully saturated rings. The lowest BCUT2D eigenvalue weighted by atomic mass is 10.1. The molecule has 0 saturated carbocycles. The molecule has 0 saturated heterocycles. The summed E-state index contributed by atoms with van der Waals surface area (Å²) in [6.07, 6.45) is 0.394. The topological polar surface area (TPSA) is 49.4 Å². The first-order chi connectivity index (χ1) is 10.2. The lowest BCUT2D eigenvalue weighted by Crippen LogP contribution is -2.39. The van der Waals surface area contributed by atoms with Gasteiger partial charge < -0.3 is 10.2 Å². The minimum Gasteiger partial charge on any atom is -0.360 e. The molecule has 1 heterocycles. The Hall–Kier alpha value is -2.62. The van der Waals surface area contributed by atoms with Gasteiger partial charge in [-0.15, -0.1) is 0 Å². The lowest BCUT2D eigenvalue weighted by molar-refractivity contribution is -0.115. The smallest absolute Gasteiger partial charge is 0.243 e. The average molecular weight is 280 g/mol. The van der Waals surface area contributed by atoms with E-state index >= 15 is 0 Å². The van der Waals surface area contributed by atoms with E-state index in [4.69, 9.17) is 0 Å². The number of para-hydroxylation sites is 2. The Kier molecular flexibility index (Phi) is 3.69. The number of amides is 1. The highest BCUT2D eigenvalue weighted by atomic mass is 16.2. The summed E-state index contributed by atoms with van der Waals surface area (Å²) in [5.74, 6) is 0.0555. The lowest BCUT2D eigenvalue weighted by Gasteiger charge is -2.30. The molecule has 4 heteroatoms. The van der Waals surface area contributed by atoms with Crippen molar-refractivity contribution in [2.24, 2.45) is 0 Å². The van der Waals surface area contributed by atoms with Crippen LogP contribution in [-0.4, -0.2) is 24.8 Å². The summed E-state index contributed by atoms with van der Waals surface area (Å²) in [5, 5.41) is 2.84. The summed E-state index contributed by atoms with van der Waals surface area (Å²) in [6, 6.07) is 16.9. The van der Waals surface area contributed by atoms with Crippen LogP contribution in [0.5, 0.6) is 0 Å². The molecule has 3 rings (SSSR count). The molecule has 1 aliphatic heterocycles. The minimum atomic E-state index is -0.0409. The number of hydrogen-bond acceptors (Lipinski definition) is 3. The molecule has 1 amide bonds. The second-order valence-electron chi connectivity index (χ2n) is 5.03. The molecule has 0 aliphatic carbocycles. The molecule has 1 aliphatic rings. The van der Waals surface area contributed by atoms with E-state index in [0.717, 1.165) is 11.4 Å². The normalized spacial score (nSPS) is 13.5. The van der Waals surface area contributed by atoms with Crippen LogP contribution < -0.4 is 10.2 Å². The highest BCUT2D eigenvalue weighted by Gasteiger charge is 2.21. The fourth-order valence-electron chi connectivity index (χ4n) is 2.51. The van der Waals surface area contributed by atoms with Crippen molar-refractivity contribution < 1.29 is 9.59 Å². The van der Waals surface area contributed by atoms with Crippen LogP contribution in [0.25, 0.3) is 0 Å². The molecule has 0 bridgehead atoms. The Morgan fingerprint density at radius 3 is 2.57 bits per heavy atom. The van der Waals surface area contributed by atoms with Crippen molar-refractivity contribution >= 4 is 23.1 Å². The number of anilines is 2. The van der Waals surface area contributed by atoms with Crippen LogP contribution in [-0.2, 0) is 4.79 Å². The summed E-state index contributed by atoms with van der Waals surface area (Å²) in [4.78, 5) is 25.8. The van der Waals surface area contributed by atoms with Gasteiger partial charge in [0.05, 0.1) is 17.9 Å². The second kappa shape index (κ2) is 5.79. The molecular weight excluding hydrogens is 264 g/mol. The van der Waals surface area contributed by atoms with Crippen molar-refractivity contribution in [3.63, 3.8) is 0 Å². The van der Waals surface area contributed by atoms with E-state index < -0.39 is 0 Å². The molecule has 0 unspecified atom stereocenters. The number of rotatable bonds is 4. The Morgan fingerprint density at radius 1 is 1.05 bits per heavy atom. The van der Waals surface area contributed by atoms with Gasteiger partial charge in [-0.2, -0.15) is 0 Å². The van der Waals surface area contributed by atoms with Gasteiger partial charge in [0.15, 0.2) is 5.78 Å². The van der Waals surface area contributed by atoms with Crippen molar-refractivity contribution in [3.05, 3.63) is 60.2 Å². The average Bonchev–Trinajstić information content (AvgIpc) is 2.53. The van der Waals surface area contributed by atoms with Crippen molar-refractivity contribution in [1.29, 1.82) is 0 Å². The maximum atomic E-state index is 12.2. The van der Waals surface area contributed by atoms with Gasteiger partial charge in [0.2, 0.25) is 5.91 Å². The summed E-state index contributed by atoms with van der Waals surface area (Å²) in [5.41, 5.74) is 2.49. The van der Waals surface area contributed by atoms with Crippen LogP contribution in [0.1, 0.15) is 16.8 Å². The first-order valence-electron chi connectivity index (χ1n) is 6.96. The van der Waals surface area contributed by atoms with Gasteiger partial charge in [-0.1, -0.05) is 42.5 Å². The molecule has 1 N–H and O–H groups in total. The van der Waals surface area contributed by atoms with E-state index in [1.165, 1.54) is 0 Å². The number of fused-ring (bicyclic) bond motifs is 1. The van der Waals surface area contributed by atoms with Gasteiger partial charge >= 0.3 is 0 Å². The number of carbonyl (C=O) groups is 2. The molecule has 0 atom stereocenters. The molecule has 2 aromatic carbocycles. The number of ketones is 1. The third-order valence-electron chi connectivity index (χ3n) is 3.56. The number of benzene rings is 2. The van der Waals surface area contributed by atoms with Gasteiger partial charge in [0.1, 0.15) is 0 Å². The zero-order chi connectivity index (χ0) is 14.7. The quantitative estimate of drug-likeness (QED) is 0.876. The maximum absolute atomic E-state index is 12.2. The zero-order valence-corrected chi connectivity index (χ0v) is 11.6. The predicted octanol–water partition coefficient (Wildman–Crippen LogP) is 2.72. The van der Waals surface area contributed by atoms with Crippen LogP contribution in [0.4, 0.5) is 11.4 Å². The maximum Gasteiger partial charge on any atom is 0.243 e. The molecule has 0 spiro atoms. The highest BCUT2D eigenvalue weighted by Crippen LogP contribution is 2.28. The molecule has 0 aromatic heterocycles. The second-order valence-corrected chi connectivity index (χ2v) is 5.03. The number of hydrogen-bond donors (Lipinski definition) is 1. The number of Topliss-reactive ketones (excluding diaryl/α,β-unsaturated/α-hetero) is 1. The van der Waals surface area contributed by atoms with Crippen LogP contribution in [0.15, 0.2) is 54.6 Å². The number of carbonyl (C=O) groups excluding carboxylic acids is 2. The van der Waals surface area contributed by atoms with E-state index in [9.17, 15) is 9.59 Å². The summed E-state index contributed by atoms with van der Waals surface area (Å²) < 4.78 is 0. The van der Waals surface area contributed by atoms with E-state index in [2.05, 4.69) is 5.32 Å². The molecule has 4 nitrogen and oxygen atoms in total. The van der Waals surface area contributed by atoms with Crippen LogP contribution >= 0.6 is 0 Å². The molecule has 2 aromatic rings. The van der Waals surface area contributed by atoms with Crippen LogP contribution in [0.2, 0.25) is 0 Å². The first kappa shape index (κ1) is 13.4. The fourth-order valence-corrected chi connectivity index (χ4v) is 2.51. The molecule has 0 radical (unpaired) electrons. The van der Waals surface area contributed by atoms with E-state index in [-0.39, 0.29) is 11.7 Å². The highest BCUT2D eigenvalue weighted by molar-refractivity contribution is 6.01. The first-order valence-corrected chi connectivity index (χ1v) is 6.96. The Morgan fingerprint density at radius 2 is 1.76 bits per heavy atom. The van der Waals surface area contributed by atoms with Gasteiger partial charge in [-0.05, 0) is 12.1 Å². The standard InChI is InChI=1S/C17H16N2O2/c20-16(13-6-2-1-3-7-13)10-11-19-12-17(21)18-14-8-4-5-9-15(14)19/h1-9H,10-12H2,(H,18,21). The van der Waals surface area contributed by atoms with Gasteiger partial charge in [0.25, 0.3) is 0 Å². The van der Waals surface area contributed by atoms with Crippen LogP contribution in [0.3, 0.4) is 0 Å². The van der Waals surface area contributed by atoms with Gasteiger partial charge in [-0.3, -0.25) is 9.59 Å². The van der Waals surface area contributed by atoms with Crippen molar-refractivity contribution in [3.8, 4) is 0 Å². The SMILES string of the molecule is O=C1CN(CCC(=O)c2ccccc2)c2ccccc2N1. The molecular formula is C17H16N2O2. The monoisotopic (exact) mass is 280 g/mol. The predicted molar refractivity (Wildman–Crippen MR) is 82.7 cm³/mol. The van der Waals surface area contributed by atoms with Crippen molar-refractivity contribution in [1.82, 2.24) is 0 Å². The Bertz CT molecular complexity index is 668. The van der Waals surface area contributed by atoms with Gasteiger partial charge in [0, 0.05) is 18.5 Å². The summed E-state index contributed by atoms with van der Waals surface area (Å²) in [7, 11) is 0. The molecule has 21 heavy (non-hydrogen) atoms. The minimum absolute atomic E-state index is 0.0409. The van der Waals surface area contributed by atoms with Crippen LogP contribution in [0, 0.1) is 0 Å². The fraction of sp³-hybridized carbons (Fsp3) is 0.176. The molecule has 106 valence electrons. The van der Waals surface area contributed by atoms with Gasteiger partial charge in [-0.25, -0.2) is 0 Å². The third-order valence-corrected chi connectivity index (χ3v) is 3.56. The summed E-state index contributed by atoms with van der Waals surface area (Å²) >= 11 is 0. The zero-order valence-electron chi connectivity index (χ0n) is 11.6. The largest absolute Gasteiger partial charge is 0.360 e. The van der Waals surface area contributed by atoms with Crippen molar-refractivity contribution in [2.45, 2.75) is 6.42 Å². The van der Waals surface area contributed by atoms with E-state index in [0.29, 0.717) is 25.1 Å². The third kappa shape index (κ3) is 2.94. The Labute approximate surface area is 123 Å². The van der Waals surface area contributed by atoms with E-state index in [1.807, 2.05) is 59.5 Å². The Balaban J connectivity index is 1.71. The number of nitrogens with zero attached hydrogens (tertiary/aromatic N) is 1.